The number of hydrogen-bond acceptors (Lipinski definition) is 9. The lowest BCUT2D eigenvalue weighted by molar-refractivity contribution is -0.167. The third-order valence-corrected chi connectivity index (χ3v) is 3.99. The minimum atomic E-state index is -1.14. The van der Waals surface area contributed by atoms with Crippen molar-refractivity contribution in [3.8, 4) is 0 Å². The van der Waals surface area contributed by atoms with Gasteiger partial charge in [-0.05, 0) is 32.9 Å². The number of ether oxygens (including phenoxy) is 4. The van der Waals surface area contributed by atoms with Crippen LogP contribution in [-0.2, 0) is 38.1 Å². The monoisotopic (exact) mass is 397 g/mol. The van der Waals surface area contributed by atoms with Crippen molar-refractivity contribution in [2.24, 2.45) is 0 Å². The van der Waals surface area contributed by atoms with E-state index in [1.807, 2.05) is 0 Å². The first-order valence-corrected chi connectivity index (χ1v) is 8.92. The molecule has 28 heavy (non-hydrogen) atoms. The Labute approximate surface area is 164 Å². The molecule has 1 fully saturated rings. The highest BCUT2D eigenvalue weighted by Crippen LogP contribution is 2.18. The maximum Gasteiger partial charge on any atom is 0.331 e. The second-order valence-electron chi connectivity index (χ2n) is 6.53. The zero-order valence-electron chi connectivity index (χ0n) is 16.5. The summed E-state index contributed by atoms with van der Waals surface area (Å²) in [7, 11) is 2.38. The van der Waals surface area contributed by atoms with Gasteiger partial charge in [-0.3, -0.25) is 4.90 Å². The van der Waals surface area contributed by atoms with E-state index in [0.29, 0.717) is 6.54 Å². The first-order chi connectivity index (χ1) is 13.3. The number of piperidine rings is 1. The van der Waals surface area contributed by atoms with Crippen LogP contribution in [0.15, 0.2) is 24.3 Å². The molecule has 156 valence electrons. The zero-order valence-corrected chi connectivity index (χ0v) is 16.5. The number of carbonyl (C=O) groups is 4. The van der Waals surface area contributed by atoms with Crippen molar-refractivity contribution < 1.29 is 38.1 Å². The lowest BCUT2D eigenvalue weighted by atomic mass is 10.0. The second-order valence-corrected chi connectivity index (χ2v) is 6.53. The molecular weight excluding hydrogens is 370 g/mol. The molecule has 9 heteroatoms. The number of carbonyl (C=O) groups excluding carboxylic acids is 4. The lowest BCUT2D eigenvalue weighted by Gasteiger charge is -2.36. The highest BCUT2D eigenvalue weighted by molar-refractivity contribution is 5.92. The van der Waals surface area contributed by atoms with Crippen LogP contribution < -0.4 is 0 Å². The number of nitrogens with zero attached hydrogens (tertiary/aromatic N) is 1. The van der Waals surface area contributed by atoms with Gasteiger partial charge in [-0.15, -0.1) is 0 Å². The average molecular weight is 397 g/mol. The van der Waals surface area contributed by atoms with Crippen molar-refractivity contribution >= 4 is 23.9 Å². The molecule has 0 aromatic heterocycles. The van der Waals surface area contributed by atoms with E-state index >= 15 is 0 Å². The normalized spacial score (nSPS) is 17.1. The van der Waals surface area contributed by atoms with E-state index in [4.69, 9.17) is 9.47 Å². The molecule has 0 N–H and O–H groups in total. The van der Waals surface area contributed by atoms with Crippen LogP contribution >= 0.6 is 0 Å². The van der Waals surface area contributed by atoms with Crippen molar-refractivity contribution in [1.29, 1.82) is 0 Å². The largest absolute Gasteiger partial charge is 0.466 e. The Kier molecular flexibility index (Phi) is 9.94. The maximum absolute atomic E-state index is 12.1. The third kappa shape index (κ3) is 9.31. The molecular formula is C19H27NO8. The Bertz CT molecular complexity index is 621. The Morgan fingerprint density at radius 1 is 0.821 bits per heavy atom. The predicted octanol–water partition coefficient (Wildman–Crippen LogP) is 0.776. The van der Waals surface area contributed by atoms with Gasteiger partial charge in [0.05, 0.1) is 14.2 Å². The average Bonchev–Trinajstić information content (AvgIpc) is 2.69. The molecule has 9 nitrogen and oxygen atoms in total. The first kappa shape index (κ1) is 23.4. The van der Waals surface area contributed by atoms with Crippen LogP contribution in [0.25, 0.3) is 0 Å². The van der Waals surface area contributed by atoms with E-state index in [1.54, 1.807) is 6.92 Å². The maximum atomic E-state index is 12.1. The van der Waals surface area contributed by atoms with E-state index in [0.717, 1.165) is 56.7 Å². The molecule has 0 aromatic rings. The topological polar surface area (TPSA) is 108 Å². The van der Waals surface area contributed by atoms with Gasteiger partial charge in [0.2, 0.25) is 0 Å². The number of likely N-dealkylation sites (tertiary alicyclic amines) is 1. The summed E-state index contributed by atoms with van der Waals surface area (Å²) in [6, 6.07) is 0. The van der Waals surface area contributed by atoms with Gasteiger partial charge in [-0.25, -0.2) is 19.2 Å². The molecule has 1 rings (SSSR count). The fourth-order valence-electron chi connectivity index (χ4n) is 2.65. The summed E-state index contributed by atoms with van der Waals surface area (Å²) in [5.74, 6) is -2.90. The van der Waals surface area contributed by atoms with Gasteiger partial charge in [0, 0.05) is 30.8 Å². The Morgan fingerprint density at radius 2 is 1.32 bits per heavy atom. The Hall–Kier alpha value is -2.68. The van der Waals surface area contributed by atoms with Crippen LogP contribution in [0.3, 0.4) is 0 Å². The quantitative estimate of drug-likeness (QED) is 0.317. The summed E-state index contributed by atoms with van der Waals surface area (Å²) < 4.78 is 19.4. The second kappa shape index (κ2) is 11.9. The molecule has 1 aliphatic heterocycles. The molecule has 1 atom stereocenters. The molecule has 1 saturated heterocycles. The molecule has 0 radical (unpaired) electrons. The summed E-state index contributed by atoms with van der Waals surface area (Å²) in [5, 5.41) is 0. The van der Waals surface area contributed by atoms with Gasteiger partial charge in [-0.1, -0.05) is 6.42 Å². The highest BCUT2D eigenvalue weighted by Gasteiger charge is 2.33. The van der Waals surface area contributed by atoms with Gasteiger partial charge in [0.25, 0.3) is 0 Å². The van der Waals surface area contributed by atoms with Crippen LogP contribution in [0.5, 0.6) is 0 Å². The van der Waals surface area contributed by atoms with Crippen molar-refractivity contribution in [2.75, 3.05) is 40.5 Å². The number of esters is 4. The van der Waals surface area contributed by atoms with E-state index in [-0.39, 0.29) is 6.61 Å². The van der Waals surface area contributed by atoms with Gasteiger partial charge < -0.3 is 18.9 Å². The van der Waals surface area contributed by atoms with Gasteiger partial charge in [0.15, 0.2) is 5.60 Å². The standard InChI is InChI=1S/C19H27NO8/c1-19(13-20-11-5-4-6-12-20,28-18(24)10-8-16(22)26-3)14-27-17(23)9-7-15(21)25-2/h7-10H,4-6,11-14H2,1-3H3/b9-7+,10-8+/t19-/m1/s1. The number of methoxy groups -OCH3 is 2. The van der Waals surface area contributed by atoms with E-state index < -0.39 is 29.5 Å². The summed E-state index contributed by atoms with van der Waals surface area (Å²) >= 11 is 0. The Balaban J connectivity index is 2.75. The minimum Gasteiger partial charge on any atom is -0.466 e. The van der Waals surface area contributed by atoms with Crippen molar-refractivity contribution in [3.63, 3.8) is 0 Å². The molecule has 0 unspecified atom stereocenters. The predicted molar refractivity (Wildman–Crippen MR) is 98.1 cm³/mol. The minimum absolute atomic E-state index is 0.217. The van der Waals surface area contributed by atoms with E-state index in [1.165, 1.54) is 14.2 Å². The smallest absolute Gasteiger partial charge is 0.331 e. The highest BCUT2D eigenvalue weighted by atomic mass is 16.6. The van der Waals surface area contributed by atoms with E-state index in [2.05, 4.69) is 14.4 Å². The lowest BCUT2D eigenvalue weighted by Crippen LogP contribution is -2.49. The third-order valence-electron chi connectivity index (χ3n) is 3.99. The molecule has 0 spiro atoms. The number of rotatable bonds is 9. The van der Waals surface area contributed by atoms with Crippen LogP contribution in [0, 0.1) is 0 Å². The van der Waals surface area contributed by atoms with Crippen LogP contribution in [0.4, 0.5) is 0 Å². The fraction of sp³-hybridized carbons (Fsp3) is 0.579. The Morgan fingerprint density at radius 3 is 1.86 bits per heavy atom. The fourth-order valence-corrected chi connectivity index (χ4v) is 2.65. The van der Waals surface area contributed by atoms with Gasteiger partial charge in [0.1, 0.15) is 6.61 Å². The summed E-state index contributed by atoms with van der Waals surface area (Å²) in [6.07, 6.45) is 7.00. The summed E-state index contributed by atoms with van der Waals surface area (Å²) in [6.45, 7) is 3.48. The molecule has 0 aliphatic carbocycles. The molecule has 0 aromatic carbocycles. The molecule has 0 amide bonds. The van der Waals surface area contributed by atoms with Crippen LogP contribution in [0.2, 0.25) is 0 Å². The number of hydrogen-bond donors (Lipinski definition) is 0. The van der Waals surface area contributed by atoms with Crippen LogP contribution in [0.1, 0.15) is 26.2 Å². The van der Waals surface area contributed by atoms with Crippen molar-refractivity contribution in [3.05, 3.63) is 24.3 Å². The molecule has 0 saturated carbocycles. The van der Waals surface area contributed by atoms with Crippen molar-refractivity contribution in [1.82, 2.24) is 4.90 Å². The zero-order chi connectivity index (χ0) is 21.0. The van der Waals surface area contributed by atoms with Crippen LogP contribution in [-0.4, -0.2) is 74.8 Å². The SMILES string of the molecule is COC(=O)/C=C/C(=O)OC[C@@](C)(CN1CCCCC1)OC(=O)/C=C/C(=O)OC. The summed E-state index contributed by atoms with van der Waals surface area (Å²) in [5.41, 5.74) is -1.14. The first-order valence-electron chi connectivity index (χ1n) is 8.92. The molecule has 1 aliphatic rings. The van der Waals surface area contributed by atoms with Crippen molar-refractivity contribution in [2.45, 2.75) is 31.8 Å². The summed E-state index contributed by atoms with van der Waals surface area (Å²) in [4.78, 5) is 48.2. The van der Waals surface area contributed by atoms with E-state index in [9.17, 15) is 19.2 Å². The molecule has 0 bridgehead atoms. The van der Waals surface area contributed by atoms with Gasteiger partial charge in [-0.2, -0.15) is 0 Å². The molecule has 1 heterocycles. The van der Waals surface area contributed by atoms with Gasteiger partial charge >= 0.3 is 23.9 Å².